The fourth-order valence-electron chi connectivity index (χ4n) is 2.27. The third-order valence-electron chi connectivity index (χ3n) is 3.30. The van der Waals surface area contributed by atoms with E-state index in [1.54, 1.807) is 6.07 Å². The zero-order valence-electron chi connectivity index (χ0n) is 10.5. The van der Waals surface area contributed by atoms with Gasteiger partial charge in [-0.3, -0.25) is 4.79 Å². The van der Waals surface area contributed by atoms with Gasteiger partial charge in [-0.05, 0) is 25.0 Å². The number of hydrogen-bond acceptors (Lipinski definition) is 5. The number of rotatable bonds is 4. The molecular formula is C12H13N3O4S. The van der Waals surface area contributed by atoms with Gasteiger partial charge >= 0.3 is 5.97 Å². The predicted octanol–water partition coefficient (Wildman–Crippen LogP) is 0.485. The van der Waals surface area contributed by atoms with Gasteiger partial charge in [0.2, 0.25) is 10.0 Å². The monoisotopic (exact) mass is 295 g/mol. The lowest BCUT2D eigenvalue weighted by atomic mass is 10.1. The summed E-state index contributed by atoms with van der Waals surface area (Å²) in [7, 11) is -3.82. The highest BCUT2D eigenvalue weighted by atomic mass is 32.2. The molecule has 2 rings (SSSR count). The van der Waals surface area contributed by atoms with Crippen molar-refractivity contribution in [2.75, 3.05) is 0 Å². The number of aliphatic carboxylic acids is 1. The number of nitrogens with one attached hydrogen (secondary N) is 1. The molecule has 1 saturated carbocycles. The minimum Gasteiger partial charge on any atom is -0.481 e. The summed E-state index contributed by atoms with van der Waals surface area (Å²) in [6.07, 6.45) is 2.73. The van der Waals surface area contributed by atoms with Crippen LogP contribution in [0.3, 0.4) is 0 Å². The number of carboxylic acid groups (broad SMARTS) is 1. The molecule has 106 valence electrons. The van der Waals surface area contributed by atoms with E-state index < -0.39 is 28.0 Å². The molecule has 20 heavy (non-hydrogen) atoms. The largest absolute Gasteiger partial charge is 0.481 e. The number of hydrogen-bond donors (Lipinski definition) is 2. The first-order chi connectivity index (χ1) is 9.44. The van der Waals surface area contributed by atoms with Crippen LogP contribution in [0.15, 0.2) is 23.2 Å². The fourth-order valence-corrected chi connectivity index (χ4v) is 3.52. The minimum absolute atomic E-state index is 0.0764. The van der Waals surface area contributed by atoms with E-state index in [0.717, 1.165) is 6.20 Å². The molecule has 0 spiro atoms. The molecule has 2 atom stereocenters. The van der Waals surface area contributed by atoms with Gasteiger partial charge in [-0.1, -0.05) is 6.42 Å². The van der Waals surface area contributed by atoms with E-state index in [1.807, 2.05) is 0 Å². The van der Waals surface area contributed by atoms with Gasteiger partial charge in [0, 0.05) is 12.2 Å². The second-order valence-electron chi connectivity index (χ2n) is 4.59. The van der Waals surface area contributed by atoms with E-state index in [1.165, 1.54) is 12.1 Å². The van der Waals surface area contributed by atoms with Crippen LogP contribution >= 0.6 is 0 Å². The molecule has 8 heteroatoms. The Labute approximate surface area is 116 Å². The van der Waals surface area contributed by atoms with Crippen LogP contribution < -0.4 is 4.72 Å². The van der Waals surface area contributed by atoms with Gasteiger partial charge in [0.1, 0.15) is 16.7 Å². The van der Waals surface area contributed by atoms with Crippen LogP contribution in [-0.2, 0) is 14.8 Å². The lowest BCUT2D eigenvalue weighted by Gasteiger charge is -2.17. The molecule has 1 aliphatic carbocycles. The van der Waals surface area contributed by atoms with Crippen molar-refractivity contribution in [3.63, 3.8) is 0 Å². The molecule has 1 heterocycles. The third-order valence-corrected chi connectivity index (χ3v) is 4.78. The second-order valence-corrected chi connectivity index (χ2v) is 6.31. The van der Waals surface area contributed by atoms with Crippen molar-refractivity contribution in [1.82, 2.24) is 9.71 Å². The molecule has 0 radical (unpaired) electrons. The van der Waals surface area contributed by atoms with E-state index in [-0.39, 0.29) is 10.6 Å². The van der Waals surface area contributed by atoms with E-state index in [0.29, 0.717) is 19.3 Å². The Bertz CT molecular complexity index is 648. The Morgan fingerprint density at radius 3 is 2.75 bits per heavy atom. The summed E-state index contributed by atoms with van der Waals surface area (Å²) in [6, 6.07) is 3.77. The van der Waals surface area contributed by atoms with Gasteiger partial charge in [0.15, 0.2) is 0 Å². The Morgan fingerprint density at radius 1 is 1.45 bits per heavy atom. The molecule has 0 aromatic carbocycles. The lowest BCUT2D eigenvalue weighted by molar-refractivity contribution is -0.141. The Balaban J connectivity index is 2.18. The molecular weight excluding hydrogens is 282 g/mol. The maximum Gasteiger partial charge on any atom is 0.308 e. The average Bonchev–Trinajstić information content (AvgIpc) is 2.86. The Hall–Kier alpha value is -1.98. The number of aromatic nitrogens is 1. The lowest BCUT2D eigenvalue weighted by Crippen LogP contribution is -2.40. The number of sulfonamides is 1. The molecule has 7 nitrogen and oxygen atoms in total. The van der Waals surface area contributed by atoms with Crippen LogP contribution in [-0.4, -0.2) is 30.5 Å². The van der Waals surface area contributed by atoms with Crippen LogP contribution in [0.5, 0.6) is 0 Å². The van der Waals surface area contributed by atoms with Gasteiger partial charge in [0.25, 0.3) is 0 Å². The van der Waals surface area contributed by atoms with Gasteiger partial charge < -0.3 is 5.11 Å². The summed E-state index contributed by atoms with van der Waals surface area (Å²) < 4.78 is 26.7. The molecule has 1 aromatic rings. The number of pyridine rings is 1. The molecule has 1 aromatic heterocycles. The summed E-state index contributed by atoms with van der Waals surface area (Å²) in [5.41, 5.74) is 0.119. The summed E-state index contributed by atoms with van der Waals surface area (Å²) in [6.45, 7) is 0. The number of nitrogens with zero attached hydrogens (tertiary/aromatic N) is 2. The molecule has 0 bridgehead atoms. The molecule has 0 amide bonds. The number of nitriles is 1. The van der Waals surface area contributed by atoms with Crippen LogP contribution in [0.1, 0.15) is 25.0 Å². The fraction of sp³-hybridized carbons (Fsp3) is 0.417. The highest BCUT2D eigenvalue weighted by molar-refractivity contribution is 7.89. The van der Waals surface area contributed by atoms with Crippen molar-refractivity contribution >= 4 is 16.0 Å². The maximum absolute atomic E-state index is 12.1. The zero-order valence-corrected chi connectivity index (χ0v) is 11.3. The van der Waals surface area contributed by atoms with Crippen molar-refractivity contribution in [3.05, 3.63) is 24.0 Å². The van der Waals surface area contributed by atoms with E-state index in [9.17, 15) is 13.2 Å². The van der Waals surface area contributed by atoms with Crippen molar-refractivity contribution in [2.24, 2.45) is 5.92 Å². The smallest absolute Gasteiger partial charge is 0.308 e. The highest BCUT2D eigenvalue weighted by Gasteiger charge is 2.35. The number of carbonyl (C=O) groups is 1. The Morgan fingerprint density at radius 2 is 2.20 bits per heavy atom. The van der Waals surface area contributed by atoms with Gasteiger partial charge in [-0.15, -0.1) is 0 Å². The number of carboxylic acids is 1. The summed E-state index contributed by atoms with van der Waals surface area (Å²) in [5.74, 6) is -1.69. The second kappa shape index (κ2) is 5.56. The van der Waals surface area contributed by atoms with E-state index in [2.05, 4.69) is 9.71 Å². The van der Waals surface area contributed by atoms with Crippen molar-refractivity contribution in [1.29, 1.82) is 5.26 Å². The highest BCUT2D eigenvalue weighted by Crippen LogP contribution is 2.27. The average molecular weight is 295 g/mol. The predicted molar refractivity (Wildman–Crippen MR) is 68.0 cm³/mol. The summed E-state index contributed by atoms with van der Waals surface area (Å²) in [5, 5.41) is 17.7. The summed E-state index contributed by atoms with van der Waals surface area (Å²) in [4.78, 5) is 14.7. The van der Waals surface area contributed by atoms with Gasteiger partial charge in [-0.2, -0.15) is 5.26 Å². The first-order valence-corrected chi connectivity index (χ1v) is 7.53. The SMILES string of the molecule is N#Cc1ccc(S(=O)(=O)NC2CCCC2C(=O)O)cn1. The first kappa shape index (κ1) is 14.4. The normalized spacial score (nSPS) is 22.4. The Kier molecular flexibility index (Phi) is 4.01. The van der Waals surface area contributed by atoms with E-state index in [4.69, 9.17) is 10.4 Å². The first-order valence-electron chi connectivity index (χ1n) is 6.05. The maximum atomic E-state index is 12.1. The van der Waals surface area contributed by atoms with Crippen LogP contribution in [0, 0.1) is 17.2 Å². The van der Waals surface area contributed by atoms with Gasteiger partial charge in [0.05, 0.1) is 5.92 Å². The summed E-state index contributed by atoms with van der Waals surface area (Å²) >= 11 is 0. The minimum atomic E-state index is -3.82. The van der Waals surface area contributed by atoms with Crippen molar-refractivity contribution in [3.8, 4) is 6.07 Å². The van der Waals surface area contributed by atoms with Crippen molar-refractivity contribution < 1.29 is 18.3 Å². The molecule has 1 aliphatic rings. The van der Waals surface area contributed by atoms with Crippen LogP contribution in [0.25, 0.3) is 0 Å². The third kappa shape index (κ3) is 2.95. The molecule has 2 N–H and O–H groups in total. The zero-order chi connectivity index (χ0) is 14.8. The molecule has 2 unspecified atom stereocenters. The molecule has 0 saturated heterocycles. The molecule has 1 fully saturated rings. The van der Waals surface area contributed by atoms with E-state index >= 15 is 0 Å². The molecule has 0 aliphatic heterocycles. The quantitative estimate of drug-likeness (QED) is 0.833. The van der Waals surface area contributed by atoms with Crippen LogP contribution in [0.4, 0.5) is 0 Å². The topological polar surface area (TPSA) is 120 Å². The van der Waals surface area contributed by atoms with Gasteiger partial charge in [-0.25, -0.2) is 18.1 Å². The van der Waals surface area contributed by atoms with Crippen LogP contribution in [0.2, 0.25) is 0 Å². The van der Waals surface area contributed by atoms with Crippen molar-refractivity contribution in [2.45, 2.75) is 30.2 Å². The standard InChI is InChI=1S/C12H13N3O4S/c13-6-8-4-5-9(7-14-8)20(18,19)15-11-3-1-2-10(11)12(16)17/h4-5,7,10-11,15H,1-3H2,(H,16,17).